The fourth-order valence-corrected chi connectivity index (χ4v) is 2.31. The van der Waals surface area contributed by atoms with E-state index in [1.54, 1.807) is 0 Å². The molecule has 1 aromatic heterocycles. The van der Waals surface area contributed by atoms with Crippen LogP contribution in [0.3, 0.4) is 0 Å². The zero-order valence-electron chi connectivity index (χ0n) is 10.0. The lowest BCUT2D eigenvalue weighted by Gasteiger charge is -2.07. The third-order valence-electron chi connectivity index (χ3n) is 2.94. The van der Waals surface area contributed by atoms with Crippen molar-refractivity contribution in [1.82, 2.24) is 4.98 Å². The van der Waals surface area contributed by atoms with E-state index in [4.69, 9.17) is 5.73 Å². The molecule has 0 aliphatic carbocycles. The predicted octanol–water partition coefficient (Wildman–Crippen LogP) is 4.31. The van der Waals surface area contributed by atoms with Gasteiger partial charge in [-0.05, 0) is 36.6 Å². The highest BCUT2D eigenvalue weighted by molar-refractivity contribution is 9.10. The number of hydrogen-bond acceptors (Lipinski definition) is 2. The van der Waals surface area contributed by atoms with Crippen molar-refractivity contribution in [2.45, 2.75) is 32.6 Å². The minimum atomic E-state index is 0.673. The molecule has 0 fully saturated rings. The third kappa shape index (κ3) is 2.97. The summed E-state index contributed by atoms with van der Waals surface area (Å²) in [6.45, 7) is 2.21. The Kier molecular flexibility index (Phi) is 4.00. The molecule has 0 spiro atoms. The van der Waals surface area contributed by atoms with Crippen LogP contribution in [0.25, 0.3) is 10.9 Å². The Morgan fingerprint density at radius 2 is 2.06 bits per heavy atom. The number of rotatable bonds is 4. The van der Waals surface area contributed by atoms with E-state index in [2.05, 4.69) is 40.0 Å². The number of aromatic nitrogens is 1. The molecule has 2 rings (SSSR count). The van der Waals surface area contributed by atoms with Gasteiger partial charge in [-0.3, -0.25) is 0 Å². The molecule has 2 aromatic rings. The average molecular weight is 293 g/mol. The summed E-state index contributed by atoms with van der Waals surface area (Å²) in [4.78, 5) is 4.46. The summed E-state index contributed by atoms with van der Waals surface area (Å²) < 4.78 is 1.04. The first kappa shape index (κ1) is 12.4. The van der Waals surface area contributed by atoms with Gasteiger partial charge in [0.2, 0.25) is 0 Å². The lowest BCUT2D eigenvalue weighted by Crippen LogP contribution is -1.98. The minimum Gasteiger partial charge on any atom is -0.383 e. The van der Waals surface area contributed by atoms with Gasteiger partial charge < -0.3 is 5.73 Å². The monoisotopic (exact) mass is 292 g/mol. The number of benzene rings is 1. The van der Waals surface area contributed by atoms with Crippen molar-refractivity contribution in [3.63, 3.8) is 0 Å². The van der Waals surface area contributed by atoms with Gasteiger partial charge in [0.25, 0.3) is 0 Å². The Bertz CT molecular complexity index is 523. The van der Waals surface area contributed by atoms with Crippen LogP contribution >= 0.6 is 15.9 Å². The Labute approximate surface area is 110 Å². The van der Waals surface area contributed by atoms with E-state index in [1.165, 1.54) is 24.8 Å². The first-order chi connectivity index (χ1) is 8.20. The molecule has 2 N–H and O–H groups in total. The molecule has 3 heteroatoms. The molecular weight excluding hydrogens is 276 g/mol. The van der Waals surface area contributed by atoms with Crippen molar-refractivity contribution in [3.8, 4) is 0 Å². The number of unbranched alkanes of at least 4 members (excludes halogenated alkanes) is 2. The molecule has 1 aromatic carbocycles. The second-order valence-electron chi connectivity index (χ2n) is 4.33. The molecule has 2 nitrogen and oxygen atoms in total. The maximum atomic E-state index is 5.99. The van der Waals surface area contributed by atoms with E-state index in [0.29, 0.717) is 5.82 Å². The van der Waals surface area contributed by atoms with Gasteiger partial charge in [-0.2, -0.15) is 0 Å². The predicted molar refractivity (Wildman–Crippen MR) is 77.1 cm³/mol. The normalized spacial score (nSPS) is 10.9. The summed E-state index contributed by atoms with van der Waals surface area (Å²) in [6, 6.07) is 8.28. The van der Waals surface area contributed by atoms with Crippen molar-refractivity contribution < 1.29 is 0 Å². The molecule has 0 amide bonds. The molecule has 0 saturated heterocycles. The number of anilines is 1. The molecular formula is C14H17BrN2. The molecule has 0 aliphatic heterocycles. The van der Waals surface area contributed by atoms with Crippen molar-refractivity contribution in [1.29, 1.82) is 0 Å². The van der Waals surface area contributed by atoms with Crippen LogP contribution in [0.5, 0.6) is 0 Å². The SMILES string of the molecule is CCCCCc1cc2ccc(Br)cc2nc1N. The van der Waals surface area contributed by atoms with Crippen LogP contribution in [-0.4, -0.2) is 4.98 Å². The van der Waals surface area contributed by atoms with E-state index in [9.17, 15) is 0 Å². The van der Waals surface area contributed by atoms with Gasteiger partial charge in [-0.15, -0.1) is 0 Å². The smallest absolute Gasteiger partial charge is 0.127 e. The molecule has 0 radical (unpaired) electrons. The zero-order valence-corrected chi connectivity index (χ0v) is 11.6. The van der Waals surface area contributed by atoms with Crippen molar-refractivity contribution in [3.05, 3.63) is 34.3 Å². The zero-order chi connectivity index (χ0) is 12.3. The summed E-state index contributed by atoms with van der Waals surface area (Å²) in [5, 5.41) is 1.16. The van der Waals surface area contributed by atoms with E-state index < -0.39 is 0 Å². The van der Waals surface area contributed by atoms with Crippen LogP contribution in [0.1, 0.15) is 31.7 Å². The van der Waals surface area contributed by atoms with Crippen LogP contribution in [0.2, 0.25) is 0 Å². The molecule has 1 heterocycles. The maximum absolute atomic E-state index is 5.99. The molecule has 0 bridgehead atoms. The van der Waals surface area contributed by atoms with Crippen LogP contribution in [0.15, 0.2) is 28.7 Å². The quantitative estimate of drug-likeness (QED) is 0.853. The number of hydrogen-bond donors (Lipinski definition) is 1. The van der Waals surface area contributed by atoms with Gasteiger partial charge in [0.1, 0.15) is 5.82 Å². The highest BCUT2D eigenvalue weighted by Gasteiger charge is 2.04. The number of halogens is 1. The average Bonchev–Trinajstić information content (AvgIpc) is 2.30. The maximum Gasteiger partial charge on any atom is 0.127 e. The fourth-order valence-electron chi connectivity index (χ4n) is 1.96. The number of pyridine rings is 1. The Morgan fingerprint density at radius 3 is 2.82 bits per heavy atom. The minimum absolute atomic E-state index is 0.673. The lowest BCUT2D eigenvalue weighted by molar-refractivity contribution is 0.718. The number of fused-ring (bicyclic) bond motifs is 1. The largest absolute Gasteiger partial charge is 0.383 e. The number of nitrogens with two attached hydrogens (primary N) is 1. The van der Waals surface area contributed by atoms with Crippen LogP contribution in [-0.2, 0) is 6.42 Å². The van der Waals surface area contributed by atoms with Crippen molar-refractivity contribution in [2.75, 3.05) is 5.73 Å². The molecule has 90 valence electrons. The van der Waals surface area contributed by atoms with Crippen molar-refractivity contribution >= 4 is 32.7 Å². The summed E-state index contributed by atoms with van der Waals surface area (Å²) in [5.41, 5.74) is 8.12. The fraction of sp³-hybridized carbons (Fsp3) is 0.357. The lowest BCUT2D eigenvalue weighted by atomic mass is 10.1. The summed E-state index contributed by atoms with van der Waals surface area (Å²) in [7, 11) is 0. The summed E-state index contributed by atoms with van der Waals surface area (Å²) >= 11 is 3.45. The Morgan fingerprint density at radius 1 is 1.24 bits per heavy atom. The summed E-state index contributed by atoms with van der Waals surface area (Å²) in [5.74, 6) is 0.673. The van der Waals surface area contributed by atoms with Crippen LogP contribution < -0.4 is 5.73 Å². The molecule has 0 atom stereocenters. The second kappa shape index (κ2) is 5.50. The number of aryl methyl sites for hydroxylation is 1. The highest BCUT2D eigenvalue weighted by Crippen LogP contribution is 2.23. The van der Waals surface area contributed by atoms with Crippen LogP contribution in [0, 0.1) is 0 Å². The second-order valence-corrected chi connectivity index (χ2v) is 5.24. The van der Waals surface area contributed by atoms with Crippen molar-refractivity contribution in [2.24, 2.45) is 0 Å². The molecule has 0 aliphatic rings. The Hall–Kier alpha value is -1.09. The number of nitrogens with zero attached hydrogens (tertiary/aromatic N) is 1. The summed E-state index contributed by atoms with van der Waals surface area (Å²) in [6.07, 6.45) is 4.69. The van der Waals surface area contributed by atoms with Gasteiger partial charge >= 0.3 is 0 Å². The van der Waals surface area contributed by atoms with E-state index >= 15 is 0 Å². The van der Waals surface area contributed by atoms with E-state index in [1.807, 2.05) is 12.1 Å². The van der Waals surface area contributed by atoms with Gasteiger partial charge in [0.05, 0.1) is 5.52 Å². The molecule has 17 heavy (non-hydrogen) atoms. The van der Waals surface area contributed by atoms with Gasteiger partial charge in [0.15, 0.2) is 0 Å². The van der Waals surface area contributed by atoms with Gasteiger partial charge in [-0.25, -0.2) is 4.98 Å². The van der Waals surface area contributed by atoms with Gasteiger partial charge in [0, 0.05) is 9.86 Å². The highest BCUT2D eigenvalue weighted by atomic mass is 79.9. The van der Waals surface area contributed by atoms with E-state index in [0.717, 1.165) is 21.8 Å². The first-order valence-electron chi connectivity index (χ1n) is 6.05. The van der Waals surface area contributed by atoms with Crippen LogP contribution in [0.4, 0.5) is 5.82 Å². The third-order valence-corrected chi connectivity index (χ3v) is 3.44. The topological polar surface area (TPSA) is 38.9 Å². The number of nitrogen functional groups attached to an aromatic ring is 1. The van der Waals surface area contributed by atoms with E-state index in [-0.39, 0.29) is 0 Å². The standard InChI is InChI=1S/C14H17BrN2/c1-2-3-4-5-11-8-10-6-7-12(15)9-13(10)17-14(11)16/h6-9H,2-5H2,1H3,(H2,16,17). The van der Waals surface area contributed by atoms with Gasteiger partial charge in [-0.1, -0.05) is 41.8 Å². The first-order valence-corrected chi connectivity index (χ1v) is 6.84. The Balaban J connectivity index is 2.31. The molecule has 0 saturated carbocycles. The molecule has 0 unspecified atom stereocenters.